The minimum absolute atomic E-state index is 0.0544. The molecule has 1 saturated carbocycles. The second kappa shape index (κ2) is 14.4. The Kier molecular flexibility index (Phi) is 11.3. The Hall–Kier alpha value is -2.95. The number of rotatable bonds is 15. The highest BCUT2D eigenvalue weighted by molar-refractivity contribution is 5.82. The molecule has 3 aliphatic carbocycles. The van der Waals surface area contributed by atoms with Crippen LogP contribution in [0.4, 0.5) is 0 Å². The quantitative estimate of drug-likeness (QED) is 0.198. The second-order valence-electron chi connectivity index (χ2n) is 12.2. The lowest BCUT2D eigenvalue weighted by molar-refractivity contribution is -0.122. The van der Waals surface area contributed by atoms with E-state index in [-0.39, 0.29) is 11.3 Å². The normalized spacial score (nSPS) is 23.5. The minimum atomic E-state index is -0.417. The maximum Gasteiger partial charge on any atom is 0.242 e. The number of hydrogen-bond acceptors (Lipinski definition) is 4. The van der Waals surface area contributed by atoms with Crippen LogP contribution in [0.15, 0.2) is 84.0 Å². The molecule has 0 aromatic heterocycles. The zero-order valence-corrected chi connectivity index (χ0v) is 24.7. The van der Waals surface area contributed by atoms with Gasteiger partial charge in [0.05, 0.1) is 7.11 Å². The first-order valence-corrected chi connectivity index (χ1v) is 14.7. The zero-order chi connectivity index (χ0) is 28.4. The van der Waals surface area contributed by atoms with Crippen molar-refractivity contribution in [2.45, 2.75) is 84.6 Å². The Morgan fingerprint density at radius 1 is 1.28 bits per heavy atom. The van der Waals surface area contributed by atoms with Crippen molar-refractivity contribution in [3.63, 3.8) is 0 Å². The van der Waals surface area contributed by atoms with Crippen molar-refractivity contribution in [2.75, 3.05) is 13.7 Å². The molecule has 39 heavy (non-hydrogen) atoms. The summed E-state index contributed by atoms with van der Waals surface area (Å²) in [6, 6.07) is -0.417. The van der Waals surface area contributed by atoms with Gasteiger partial charge in [-0.05, 0) is 86.8 Å². The predicted molar refractivity (Wildman–Crippen MR) is 163 cm³/mol. The molecular weight excluding hydrogens is 482 g/mol. The van der Waals surface area contributed by atoms with Gasteiger partial charge >= 0.3 is 0 Å². The summed E-state index contributed by atoms with van der Waals surface area (Å²) in [5, 5.41) is 6.38. The number of methoxy groups -OCH3 is 1. The average Bonchev–Trinajstić information content (AvgIpc) is 3.69. The van der Waals surface area contributed by atoms with Crippen molar-refractivity contribution in [3.05, 3.63) is 84.0 Å². The highest BCUT2D eigenvalue weighted by Gasteiger charge is 2.41. The van der Waals surface area contributed by atoms with Crippen LogP contribution >= 0.6 is 0 Å². The van der Waals surface area contributed by atoms with Crippen LogP contribution in [-0.2, 0) is 9.53 Å². The largest absolute Gasteiger partial charge is 0.501 e. The molecule has 0 radical (unpaired) electrons. The molecule has 0 saturated heterocycles. The third-order valence-corrected chi connectivity index (χ3v) is 8.29. The molecule has 5 heteroatoms. The van der Waals surface area contributed by atoms with Crippen LogP contribution in [-0.4, -0.2) is 25.6 Å². The van der Waals surface area contributed by atoms with Crippen LogP contribution in [0.2, 0.25) is 0 Å². The third kappa shape index (κ3) is 9.63. The Labute approximate surface area is 237 Å². The molecule has 3 aliphatic rings. The van der Waals surface area contributed by atoms with E-state index in [0.717, 1.165) is 36.1 Å². The van der Waals surface area contributed by atoms with Crippen molar-refractivity contribution in [2.24, 2.45) is 28.9 Å². The first-order valence-electron chi connectivity index (χ1n) is 14.7. The number of carbonyl (C=O) groups excluding carboxylic acids is 1. The summed E-state index contributed by atoms with van der Waals surface area (Å²) in [5.74, 6) is 3.19. The summed E-state index contributed by atoms with van der Waals surface area (Å²) in [7, 11) is 1.71. The fourth-order valence-electron chi connectivity index (χ4n) is 5.92. The third-order valence-electron chi connectivity index (χ3n) is 8.29. The molecule has 0 aromatic rings. The number of nitrogens with one attached hydrogen (secondary N) is 2. The van der Waals surface area contributed by atoms with E-state index in [1.165, 1.54) is 37.7 Å². The van der Waals surface area contributed by atoms with Crippen LogP contribution in [0, 0.1) is 23.2 Å². The minimum Gasteiger partial charge on any atom is -0.501 e. The van der Waals surface area contributed by atoms with E-state index >= 15 is 0 Å². The van der Waals surface area contributed by atoms with Gasteiger partial charge < -0.3 is 21.1 Å². The van der Waals surface area contributed by atoms with Gasteiger partial charge in [-0.3, -0.25) is 4.79 Å². The molecule has 1 amide bonds. The van der Waals surface area contributed by atoms with E-state index < -0.39 is 6.04 Å². The van der Waals surface area contributed by atoms with Crippen molar-refractivity contribution < 1.29 is 9.53 Å². The fraction of sp³-hybridized carbons (Fsp3) is 0.559. The number of carbonyl (C=O) groups is 1. The van der Waals surface area contributed by atoms with E-state index in [4.69, 9.17) is 10.5 Å². The number of amides is 1. The number of ether oxygens (including phenoxy) is 1. The maximum absolute atomic E-state index is 13.1. The first-order chi connectivity index (χ1) is 18.6. The lowest BCUT2D eigenvalue weighted by atomic mass is 9.78. The molecule has 0 aliphatic heterocycles. The molecule has 4 atom stereocenters. The van der Waals surface area contributed by atoms with Gasteiger partial charge in [-0.25, -0.2) is 0 Å². The maximum atomic E-state index is 13.1. The second-order valence-corrected chi connectivity index (χ2v) is 12.2. The van der Waals surface area contributed by atoms with Crippen molar-refractivity contribution in [1.82, 2.24) is 10.6 Å². The Balaban J connectivity index is 1.52. The lowest BCUT2D eigenvalue weighted by Crippen LogP contribution is -2.44. The highest BCUT2D eigenvalue weighted by atomic mass is 16.5. The molecule has 0 aromatic carbocycles. The average molecular weight is 534 g/mol. The molecule has 4 N–H and O–H groups in total. The summed E-state index contributed by atoms with van der Waals surface area (Å²) in [4.78, 5) is 13.1. The molecule has 3 rings (SSSR count). The van der Waals surface area contributed by atoms with E-state index in [1.54, 1.807) is 12.7 Å². The predicted octanol–water partition coefficient (Wildman–Crippen LogP) is 6.99. The van der Waals surface area contributed by atoms with Gasteiger partial charge in [0.25, 0.3) is 0 Å². The summed E-state index contributed by atoms with van der Waals surface area (Å²) >= 11 is 0. The van der Waals surface area contributed by atoms with Crippen LogP contribution in [0.3, 0.4) is 0 Å². The topological polar surface area (TPSA) is 76.4 Å². The molecule has 0 heterocycles. The molecule has 1 fully saturated rings. The van der Waals surface area contributed by atoms with Crippen molar-refractivity contribution in [1.29, 1.82) is 0 Å². The molecule has 214 valence electrons. The summed E-state index contributed by atoms with van der Waals surface area (Å²) in [6.07, 6.45) is 24.7. The van der Waals surface area contributed by atoms with Crippen LogP contribution in [0.25, 0.3) is 0 Å². The number of nitrogens with two attached hydrogens (primary N) is 1. The van der Waals surface area contributed by atoms with Gasteiger partial charge in [0.2, 0.25) is 5.91 Å². The fourth-order valence-corrected chi connectivity index (χ4v) is 5.92. The molecule has 0 spiro atoms. The SMILES string of the molecule is C=C(N)CCNC(=O)[C@@H](CC1=CC=C(OC)C(C)(C)C1)NC(=C)/C=C/CCC(C)C1CC1C1=CCCCC=C1. The summed E-state index contributed by atoms with van der Waals surface area (Å²) < 4.78 is 5.55. The number of hydrogen-bond donors (Lipinski definition) is 3. The van der Waals surface area contributed by atoms with Crippen molar-refractivity contribution >= 4 is 5.91 Å². The van der Waals surface area contributed by atoms with Gasteiger partial charge in [0.1, 0.15) is 11.8 Å². The summed E-state index contributed by atoms with van der Waals surface area (Å²) in [5.41, 5.74) is 9.69. The Bertz CT molecular complexity index is 1040. The van der Waals surface area contributed by atoms with E-state index in [9.17, 15) is 4.79 Å². The lowest BCUT2D eigenvalue weighted by Gasteiger charge is -2.32. The highest BCUT2D eigenvalue weighted by Crippen LogP contribution is 2.51. The van der Waals surface area contributed by atoms with Gasteiger partial charge in [-0.15, -0.1) is 0 Å². The molecular formula is C34H51N3O2. The zero-order valence-electron chi connectivity index (χ0n) is 24.7. The van der Waals surface area contributed by atoms with Gasteiger partial charge in [-0.1, -0.05) is 69.9 Å². The molecule has 0 bridgehead atoms. The van der Waals surface area contributed by atoms with Crippen LogP contribution < -0.4 is 16.4 Å². The Morgan fingerprint density at radius 3 is 2.79 bits per heavy atom. The number of allylic oxidation sites excluding steroid dienone is 9. The first kappa shape index (κ1) is 30.6. The standard InChI is InChI=1S/C34H51N3O2/c1-24(29-22-30(29)28-15-9-7-8-10-16-28)13-11-12-14-26(3)37-31(33(38)36-20-19-25(2)35)21-27-17-18-32(39-6)34(4,5)23-27/h9,12,14-18,24,29-31,37H,2-3,7-8,10-11,13,19-23,35H2,1,4-6H3,(H,36,38)/b14-12+/t24?,29?,30?,31-/m1/s1. The summed E-state index contributed by atoms with van der Waals surface area (Å²) in [6.45, 7) is 15.1. The van der Waals surface area contributed by atoms with E-state index in [1.807, 2.05) is 12.2 Å². The monoisotopic (exact) mass is 533 g/mol. The Morgan fingerprint density at radius 2 is 2.08 bits per heavy atom. The molecule has 3 unspecified atom stereocenters. The smallest absolute Gasteiger partial charge is 0.242 e. The van der Waals surface area contributed by atoms with Crippen LogP contribution in [0.5, 0.6) is 0 Å². The van der Waals surface area contributed by atoms with Crippen LogP contribution in [0.1, 0.15) is 78.6 Å². The van der Waals surface area contributed by atoms with Gasteiger partial charge in [0, 0.05) is 29.8 Å². The van der Waals surface area contributed by atoms with Crippen molar-refractivity contribution in [3.8, 4) is 0 Å². The van der Waals surface area contributed by atoms with Gasteiger partial charge in [-0.2, -0.15) is 0 Å². The van der Waals surface area contributed by atoms with E-state index in [0.29, 0.717) is 31.0 Å². The van der Waals surface area contributed by atoms with Gasteiger partial charge in [0.15, 0.2) is 0 Å². The van der Waals surface area contributed by atoms with E-state index in [2.05, 4.69) is 74.9 Å². The molecule has 5 nitrogen and oxygen atoms in total.